The van der Waals surface area contributed by atoms with E-state index in [1.165, 1.54) is 14.0 Å². The second-order valence-electron chi connectivity index (χ2n) is 3.13. The largest absolute Gasteiger partial charge is 0.467 e. The van der Waals surface area contributed by atoms with E-state index < -0.39 is 17.9 Å². The van der Waals surface area contributed by atoms with Crippen molar-refractivity contribution in [1.82, 2.24) is 5.32 Å². The molecule has 0 aliphatic heterocycles. The zero-order valence-corrected chi connectivity index (χ0v) is 8.91. The average Bonchev–Trinajstić information content (AvgIpc) is 2.14. The Labute approximate surface area is 88.1 Å². The van der Waals surface area contributed by atoms with Crippen LogP contribution in [0, 0.1) is 0 Å². The first-order valence-corrected chi connectivity index (χ1v) is 4.60. The number of esters is 1. The van der Waals surface area contributed by atoms with Gasteiger partial charge in [-0.15, -0.1) is 0 Å². The summed E-state index contributed by atoms with van der Waals surface area (Å²) < 4.78 is 4.50. The van der Waals surface area contributed by atoms with Crippen LogP contribution in [0.1, 0.15) is 26.2 Å². The molecule has 0 aliphatic carbocycles. The molecule has 0 radical (unpaired) electrons. The van der Waals surface area contributed by atoms with E-state index in [2.05, 4.69) is 10.1 Å². The van der Waals surface area contributed by atoms with Crippen molar-refractivity contribution in [2.45, 2.75) is 32.2 Å². The Kier molecular flexibility index (Phi) is 6.08. The van der Waals surface area contributed by atoms with Crippen LogP contribution >= 0.6 is 0 Å². The summed E-state index contributed by atoms with van der Waals surface area (Å²) in [6.07, 6.45) is 0.970. The fourth-order valence-electron chi connectivity index (χ4n) is 1.12. The van der Waals surface area contributed by atoms with E-state index in [9.17, 15) is 14.4 Å². The van der Waals surface area contributed by atoms with Crippen LogP contribution in [-0.4, -0.2) is 30.9 Å². The lowest BCUT2D eigenvalue weighted by Crippen LogP contribution is -2.40. The minimum atomic E-state index is -0.702. The molecule has 0 aromatic heterocycles. The molecule has 0 saturated heterocycles. The van der Waals surface area contributed by atoms with Crippen molar-refractivity contribution in [3.63, 3.8) is 0 Å². The quantitative estimate of drug-likeness (QED) is 0.574. The number of carbonyl (C=O) groups excluding carboxylic acids is 3. The van der Waals surface area contributed by atoms with E-state index in [1.54, 1.807) is 0 Å². The lowest BCUT2D eigenvalue weighted by atomic mass is 10.1. The molecule has 0 aromatic rings. The molecule has 0 rings (SSSR count). The van der Waals surface area contributed by atoms with Gasteiger partial charge < -0.3 is 15.8 Å². The summed E-state index contributed by atoms with van der Waals surface area (Å²) in [4.78, 5) is 32.4. The number of rotatable bonds is 6. The van der Waals surface area contributed by atoms with E-state index in [-0.39, 0.29) is 12.3 Å². The maximum atomic E-state index is 11.2. The SMILES string of the molecule is COC(=O)[C@@H](CCCC(N)=O)NC(C)=O. The molecule has 2 amide bonds. The molecule has 1 atom stereocenters. The predicted octanol–water partition coefficient (Wildman–Crippen LogP) is -0.680. The minimum Gasteiger partial charge on any atom is -0.467 e. The van der Waals surface area contributed by atoms with Gasteiger partial charge in [0, 0.05) is 13.3 Å². The Bertz CT molecular complexity index is 252. The minimum absolute atomic E-state index is 0.188. The summed E-state index contributed by atoms with van der Waals surface area (Å²) in [5.41, 5.74) is 4.95. The first-order chi connectivity index (χ1) is 6.97. The van der Waals surface area contributed by atoms with Crippen LogP contribution < -0.4 is 11.1 Å². The Morgan fingerprint density at radius 2 is 2.00 bits per heavy atom. The number of primary amides is 1. The van der Waals surface area contributed by atoms with Gasteiger partial charge in [-0.2, -0.15) is 0 Å². The molecular formula is C9H16N2O4. The van der Waals surface area contributed by atoms with E-state index in [4.69, 9.17) is 5.73 Å². The monoisotopic (exact) mass is 216 g/mol. The average molecular weight is 216 g/mol. The zero-order chi connectivity index (χ0) is 11.8. The van der Waals surface area contributed by atoms with Gasteiger partial charge in [-0.3, -0.25) is 9.59 Å². The van der Waals surface area contributed by atoms with Gasteiger partial charge in [-0.05, 0) is 12.8 Å². The summed E-state index contributed by atoms with van der Waals surface area (Å²) in [6, 6.07) is -0.702. The molecule has 0 spiro atoms. The lowest BCUT2D eigenvalue weighted by molar-refractivity contribution is -0.145. The first kappa shape index (κ1) is 13.4. The molecule has 0 heterocycles. The lowest BCUT2D eigenvalue weighted by Gasteiger charge is -2.14. The summed E-state index contributed by atoms with van der Waals surface area (Å²) in [5, 5.41) is 2.44. The van der Waals surface area contributed by atoms with Crippen molar-refractivity contribution in [2.75, 3.05) is 7.11 Å². The highest BCUT2D eigenvalue weighted by Crippen LogP contribution is 2.02. The molecular weight excluding hydrogens is 200 g/mol. The molecule has 0 aliphatic rings. The van der Waals surface area contributed by atoms with Crippen LogP contribution in [0.2, 0.25) is 0 Å². The number of nitrogens with one attached hydrogen (secondary N) is 1. The highest BCUT2D eigenvalue weighted by Gasteiger charge is 2.19. The standard InChI is InChI=1S/C9H16N2O4/c1-6(12)11-7(9(14)15-2)4-3-5-8(10)13/h7H,3-5H2,1-2H3,(H2,10,13)(H,11,12)/t7-/m1/s1. The van der Waals surface area contributed by atoms with Gasteiger partial charge in [0.05, 0.1) is 7.11 Å². The topological polar surface area (TPSA) is 98.5 Å². The molecule has 0 aromatic carbocycles. The van der Waals surface area contributed by atoms with Gasteiger partial charge in [0.25, 0.3) is 0 Å². The van der Waals surface area contributed by atoms with Crippen LogP contribution in [-0.2, 0) is 19.1 Å². The van der Waals surface area contributed by atoms with Gasteiger partial charge in [-0.1, -0.05) is 0 Å². The van der Waals surface area contributed by atoms with Gasteiger partial charge in [0.1, 0.15) is 6.04 Å². The fourth-order valence-corrected chi connectivity index (χ4v) is 1.12. The number of carbonyl (C=O) groups is 3. The van der Waals surface area contributed by atoms with Crippen molar-refractivity contribution in [2.24, 2.45) is 5.73 Å². The van der Waals surface area contributed by atoms with E-state index in [0.717, 1.165) is 0 Å². The van der Waals surface area contributed by atoms with Gasteiger partial charge in [-0.25, -0.2) is 4.79 Å². The van der Waals surface area contributed by atoms with Crippen LogP contribution in [0.3, 0.4) is 0 Å². The molecule has 3 N–H and O–H groups in total. The van der Waals surface area contributed by atoms with Crippen LogP contribution in [0.25, 0.3) is 0 Å². The third-order valence-corrected chi connectivity index (χ3v) is 1.78. The number of hydrogen-bond acceptors (Lipinski definition) is 4. The molecule has 6 heteroatoms. The van der Waals surface area contributed by atoms with Crippen molar-refractivity contribution in [1.29, 1.82) is 0 Å². The molecule has 0 saturated carbocycles. The van der Waals surface area contributed by atoms with Gasteiger partial charge in [0.15, 0.2) is 0 Å². The first-order valence-electron chi connectivity index (χ1n) is 4.60. The van der Waals surface area contributed by atoms with Crippen molar-refractivity contribution < 1.29 is 19.1 Å². The number of amides is 2. The number of ether oxygens (including phenoxy) is 1. The van der Waals surface area contributed by atoms with Gasteiger partial charge >= 0.3 is 5.97 Å². The van der Waals surface area contributed by atoms with E-state index in [1.807, 2.05) is 0 Å². The van der Waals surface area contributed by atoms with Crippen LogP contribution in [0.5, 0.6) is 0 Å². The number of methoxy groups -OCH3 is 1. The number of hydrogen-bond donors (Lipinski definition) is 2. The summed E-state index contributed by atoms with van der Waals surface area (Å²) in [6.45, 7) is 1.31. The van der Waals surface area contributed by atoms with Crippen molar-refractivity contribution >= 4 is 17.8 Å². The summed E-state index contributed by atoms with van der Waals surface area (Å²) in [7, 11) is 1.24. The summed E-state index contributed by atoms with van der Waals surface area (Å²) >= 11 is 0. The normalized spacial score (nSPS) is 11.6. The Morgan fingerprint density at radius 1 is 1.40 bits per heavy atom. The maximum Gasteiger partial charge on any atom is 0.328 e. The third kappa shape index (κ3) is 6.48. The van der Waals surface area contributed by atoms with Crippen molar-refractivity contribution in [3.8, 4) is 0 Å². The highest BCUT2D eigenvalue weighted by molar-refractivity contribution is 5.83. The Hall–Kier alpha value is -1.59. The smallest absolute Gasteiger partial charge is 0.328 e. The molecule has 0 fully saturated rings. The maximum absolute atomic E-state index is 11.2. The third-order valence-electron chi connectivity index (χ3n) is 1.78. The number of nitrogens with two attached hydrogens (primary N) is 1. The van der Waals surface area contributed by atoms with E-state index >= 15 is 0 Å². The molecule has 86 valence electrons. The van der Waals surface area contributed by atoms with Crippen LogP contribution in [0.15, 0.2) is 0 Å². The second-order valence-corrected chi connectivity index (χ2v) is 3.13. The second kappa shape index (κ2) is 6.80. The Balaban J connectivity index is 4.07. The molecule has 6 nitrogen and oxygen atoms in total. The fraction of sp³-hybridized carbons (Fsp3) is 0.667. The highest BCUT2D eigenvalue weighted by atomic mass is 16.5. The van der Waals surface area contributed by atoms with E-state index in [0.29, 0.717) is 12.8 Å². The molecule has 15 heavy (non-hydrogen) atoms. The van der Waals surface area contributed by atoms with Crippen LogP contribution in [0.4, 0.5) is 0 Å². The van der Waals surface area contributed by atoms with Crippen molar-refractivity contribution in [3.05, 3.63) is 0 Å². The molecule has 0 unspecified atom stereocenters. The summed E-state index contributed by atoms with van der Waals surface area (Å²) in [5.74, 6) is -1.26. The Morgan fingerprint density at radius 3 is 2.40 bits per heavy atom. The molecule has 0 bridgehead atoms. The van der Waals surface area contributed by atoms with Gasteiger partial charge in [0.2, 0.25) is 11.8 Å². The predicted molar refractivity (Wildman–Crippen MR) is 52.7 cm³/mol. The zero-order valence-electron chi connectivity index (χ0n) is 8.91.